The number of rotatable bonds is 1. The van der Waals surface area contributed by atoms with Gasteiger partial charge in [0.1, 0.15) is 0 Å². The Morgan fingerprint density at radius 3 is 2.50 bits per heavy atom. The Kier molecular flexibility index (Phi) is 3.22. The third-order valence-electron chi connectivity index (χ3n) is 2.19. The van der Waals surface area contributed by atoms with Crippen molar-refractivity contribution in [1.29, 1.82) is 0 Å². The van der Waals surface area contributed by atoms with E-state index in [2.05, 4.69) is 0 Å². The average molecular weight is 170 g/mol. The Morgan fingerprint density at radius 2 is 2.00 bits per heavy atom. The second-order valence-electron chi connectivity index (χ2n) is 3.32. The van der Waals surface area contributed by atoms with E-state index in [-0.39, 0.29) is 35.3 Å². The molecule has 0 atom stereocenters. The monoisotopic (exact) mass is 170 g/mol. The Bertz CT molecular complexity index is 279. The van der Waals surface area contributed by atoms with Crippen molar-refractivity contribution < 1.29 is 34.7 Å². The molecule has 1 aromatic rings. The van der Waals surface area contributed by atoms with Crippen LogP contribution in [0.5, 0.6) is 5.75 Å². The largest absolute Gasteiger partial charge is 1.00 e. The zero-order chi connectivity index (χ0) is 7.84. The van der Waals surface area contributed by atoms with Crippen LogP contribution >= 0.6 is 0 Å². The van der Waals surface area contributed by atoms with Crippen LogP contribution in [0.15, 0.2) is 18.2 Å². The molecule has 1 aliphatic rings. The second kappa shape index (κ2) is 3.82. The van der Waals surface area contributed by atoms with Crippen LogP contribution in [0.25, 0.3) is 0 Å². The molecule has 12 heavy (non-hydrogen) atoms. The fourth-order valence-electron chi connectivity index (χ4n) is 1.37. The topological polar surface area (TPSA) is 23.1 Å². The second-order valence-corrected chi connectivity index (χ2v) is 3.32. The Hall–Kier alpha value is 0.0200. The van der Waals surface area contributed by atoms with Gasteiger partial charge in [-0.15, -0.1) is 5.75 Å². The van der Waals surface area contributed by atoms with Crippen LogP contribution < -0.4 is 34.7 Å². The van der Waals surface area contributed by atoms with Gasteiger partial charge >= 0.3 is 29.6 Å². The van der Waals surface area contributed by atoms with Crippen molar-refractivity contribution in [2.75, 3.05) is 0 Å². The molecule has 1 nitrogen and oxygen atoms in total. The van der Waals surface area contributed by atoms with Gasteiger partial charge in [0.05, 0.1) is 0 Å². The minimum absolute atomic E-state index is 0. The van der Waals surface area contributed by atoms with Gasteiger partial charge in [0.25, 0.3) is 0 Å². The fraction of sp³-hybridized carbons (Fsp3) is 0.400. The molecule has 0 amide bonds. The maximum Gasteiger partial charge on any atom is 1.00 e. The summed E-state index contributed by atoms with van der Waals surface area (Å²) >= 11 is 0. The van der Waals surface area contributed by atoms with Crippen molar-refractivity contribution in [2.45, 2.75) is 25.7 Å². The molecule has 2 heteroatoms. The smallest absolute Gasteiger partial charge is 0.872 e. The first-order valence-corrected chi connectivity index (χ1v) is 4.05. The molecule has 2 rings (SSSR count). The normalized spacial score (nSPS) is 15.4. The zero-order valence-corrected chi connectivity index (χ0v) is 9.63. The third kappa shape index (κ3) is 2.03. The number of aryl methyl sites for hydroxylation is 1. The van der Waals surface area contributed by atoms with Gasteiger partial charge in [-0.1, -0.05) is 29.3 Å². The van der Waals surface area contributed by atoms with Gasteiger partial charge in [-0.25, -0.2) is 0 Å². The van der Waals surface area contributed by atoms with Crippen molar-refractivity contribution in [3.63, 3.8) is 0 Å². The Labute approximate surface area is 95.1 Å². The van der Waals surface area contributed by atoms with Crippen LogP contribution in [0.4, 0.5) is 0 Å². The molecule has 0 heterocycles. The SMILES string of the molecule is Cc1ccc(C2CC2)c([O-])c1.[Na+]. The predicted molar refractivity (Wildman–Crippen MR) is 42.6 cm³/mol. The van der Waals surface area contributed by atoms with Gasteiger partial charge in [-0.05, 0) is 25.7 Å². The molecule has 0 saturated heterocycles. The van der Waals surface area contributed by atoms with Crippen molar-refractivity contribution in [1.82, 2.24) is 0 Å². The van der Waals surface area contributed by atoms with E-state index in [1.165, 1.54) is 12.8 Å². The van der Waals surface area contributed by atoms with Crippen molar-refractivity contribution in [3.05, 3.63) is 29.3 Å². The minimum Gasteiger partial charge on any atom is -0.872 e. The number of hydrogen-bond acceptors (Lipinski definition) is 1. The summed E-state index contributed by atoms with van der Waals surface area (Å²) in [5.74, 6) is 0.815. The van der Waals surface area contributed by atoms with E-state index in [0.29, 0.717) is 5.92 Å². The molecule has 0 bridgehead atoms. The summed E-state index contributed by atoms with van der Waals surface area (Å²) in [4.78, 5) is 0. The Balaban J connectivity index is 0.000000720. The molecule has 1 aliphatic carbocycles. The molecule has 0 spiro atoms. The summed E-state index contributed by atoms with van der Waals surface area (Å²) < 4.78 is 0. The van der Waals surface area contributed by atoms with E-state index in [1.807, 2.05) is 19.1 Å². The third-order valence-corrected chi connectivity index (χ3v) is 2.19. The minimum atomic E-state index is 0. The van der Waals surface area contributed by atoms with E-state index in [9.17, 15) is 5.11 Å². The maximum absolute atomic E-state index is 11.3. The van der Waals surface area contributed by atoms with Gasteiger partial charge in [0.15, 0.2) is 0 Å². The quantitative estimate of drug-likeness (QED) is 0.493. The van der Waals surface area contributed by atoms with Gasteiger partial charge in [-0.2, -0.15) is 0 Å². The summed E-state index contributed by atoms with van der Waals surface area (Å²) in [6, 6.07) is 5.73. The van der Waals surface area contributed by atoms with E-state index < -0.39 is 0 Å². The van der Waals surface area contributed by atoms with E-state index in [4.69, 9.17) is 0 Å². The van der Waals surface area contributed by atoms with E-state index in [0.717, 1.165) is 11.1 Å². The van der Waals surface area contributed by atoms with Crippen molar-refractivity contribution in [3.8, 4) is 5.75 Å². The van der Waals surface area contributed by atoms with Gasteiger partial charge < -0.3 is 5.11 Å². The van der Waals surface area contributed by atoms with E-state index in [1.54, 1.807) is 6.07 Å². The van der Waals surface area contributed by atoms with Crippen LogP contribution in [0, 0.1) is 6.92 Å². The molecule has 0 unspecified atom stereocenters. The molecule has 0 aliphatic heterocycles. The van der Waals surface area contributed by atoms with Crippen LogP contribution in [0.1, 0.15) is 29.9 Å². The van der Waals surface area contributed by atoms with E-state index >= 15 is 0 Å². The van der Waals surface area contributed by atoms with Gasteiger partial charge in [0.2, 0.25) is 0 Å². The van der Waals surface area contributed by atoms with Crippen LogP contribution in [0.3, 0.4) is 0 Å². The molecular formula is C10H11NaO. The summed E-state index contributed by atoms with van der Waals surface area (Å²) in [5, 5.41) is 11.3. The average Bonchev–Trinajstić information content (AvgIpc) is 2.70. The van der Waals surface area contributed by atoms with Crippen molar-refractivity contribution >= 4 is 0 Å². The van der Waals surface area contributed by atoms with Crippen LogP contribution in [-0.4, -0.2) is 0 Å². The molecule has 1 aromatic carbocycles. The summed E-state index contributed by atoms with van der Waals surface area (Å²) in [6.07, 6.45) is 2.41. The summed E-state index contributed by atoms with van der Waals surface area (Å²) in [7, 11) is 0. The first-order valence-electron chi connectivity index (χ1n) is 4.05. The molecule has 0 radical (unpaired) electrons. The molecule has 1 saturated carbocycles. The molecule has 0 N–H and O–H groups in total. The molecule has 58 valence electrons. The van der Waals surface area contributed by atoms with Gasteiger partial charge in [0, 0.05) is 0 Å². The van der Waals surface area contributed by atoms with Crippen LogP contribution in [0.2, 0.25) is 0 Å². The maximum atomic E-state index is 11.3. The molecule has 1 fully saturated rings. The predicted octanol–water partition coefficient (Wildman–Crippen LogP) is -1.05. The van der Waals surface area contributed by atoms with Gasteiger partial charge in [-0.3, -0.25) is 0 Å². The zero-order valence-electron chi connectivity index (χ0n) is 7.63. The first kappa shape index (κ1) is 10.1. The summed E-state index contributed by atoms with van der Waals surface area (Å²) in [6.45, 7) is 1.96. The number of benzene rings is 1. The molecule has 0 aromatic heterocycles. The molecular weight excluding hydrogens is 159 g/mol. The standard InChI is InChI=1S/C10H12O.Na/c1-7-2-5-9(8-3-4-8)10(11)6-7;/h2,5-6,8,11H,3-4H2,1H3;/q;+1/p-1. The van der Waals surface area contributed by atoms with Crippen LogP contribution in [-0.2, 0) is 0 Å². The van der Waals surface area contributed by atoms with Crippen molar-refractivity contribution in [2.24, 2.45) is 0 Å². The summed E-state index contributed by atoms with van der Waals surface area (Å²) in [5.41, 5.74) is 2.09. The first-order chi connectivity index (χ1) is 5.27. The number of hydrogen-bond donors (Lipinski definition) is 0. The Morgan fingerprint density at radius 1 is 1.33 bits per heavy atom. The fourth-order valence-corrected chi connectivity index (χ4v) is 1.37.